The third-order valence-corrected chi connectivity index (χ3v) is 6.03. The van der Waals surface area contributed by atoms with Gasteiger partial charge in [0, 0.05) is 47.6 Å². The highest BCUT2D eigenvalue weighted by molar-refractivity contribution is 7.11. The van der Waals surface area contributed by atoms with E-state index in [0.29, 0.717) is 18.7 Å². The number of hydrogen-bond acceptors (Lipinski definition) is 5. The molecule has 4 rings (SSSR count). The molecule has 138 valence electrons. The van der Waals surface area contributed by atoms with Crippen molar-refractivity contribution in [3.05, 3.63) is 45.6 Å². The average molecular weight is 372 g/mol. The maximum atomic E-state index is 11.6. The lowest BCUT2D eigenvalue weighted by Gasteiger charge is -2.35. The highest BCUT2D eigenvalue weighted by Crippen LogP contribution is 2.29. The normalized spacial score (nSPS) is 23.4. The van der Waals surface area contributed by atoms with Crippen molar-refractivity contribution in [1.29, 1.82) is 0 Å². The molecule has 2 atom stereocenters. The van der Waals surface area contributed by atoms with Crippen LogP contribution < -0.4 is 10.1 Å². The van der Waals surface area contributed by atoms with Crippen LogP contribution in [0.25, 0.3) is 0 Å². The summed E-state index contributed by atoms with van der Waals surface area (Å²) in [5.74, 6) is 0.754. The number of nitrogens with one attached hydrogen (secondary N) is 1. The molecule has 1 amide bonds. The minimum atomic E-state index is -0.518. The first-order valence-electron chi connectivity index (χ1n) is 9.12. The van der Waals surface area contributed by atoms with E-state index in [4.69, 9.17) is 4.74 Å². The largest absolute Gasteiger partial charge is 0.488 e. The maximum absolute atomic E-state index is 11.6. The second kappa shape index (κ2) is 7.39. The Balaban J connectivity index is 1.36. The molecule has 1 aromatic carbocycles. The number of benzene rings is 1. The van der Waals surface area contributed by atoms with Gasteiger partial charge in [-0.1, -0.05) is 6.07 Å². The second-order valence-electron chi connectivity index (χ2n) is 7.13. The predicted octanol–water partition coefficient (Wildman–Crippen LogP) is 2.96. The molecule has 2 aromatic rings. The first-order valence-corrected chi connectivity index (χ1v) is 9.93. The Labute approximate surface area is 157 Å². The van der Waals surface area contributed by atoms with E-state index in [-0.39, 0.29) is 12.0 Å². The van der Waals surface area contributed by atoms with E-state index in [1.54, 1.807) is 0 Å². The molecule has 1 aromatic heterocycles. The first kappa shape index (κ1) is 17.5. The molecule has 0 aliphatic carbocycles. The summed E-state index contributed by atoms with van der Waals surface area (Å²) >= 11 is 1.81. The van der Waals surface area contributed by atoms with Gasteiger partial charge in [-0.3, -0.25) is 9.69 Å². The Kier molecular flexibility index (Phi) is 4.98. The number of fused-ring (bicyclic) bond motifs is 1. The van der Waals surface area contributed by atoms with Crippen molar-refractivity contribution in [2.75, 3.05) is 18.4 Å². The third-order valence-electron chi connectivity index (χ3n) is 5.04. The number of carbonyl (C=O) groups is 1. The zero-order valence-electron chi connectivity index (χ0n) is 14.9. The molecule has 0 unspecified atom stereocenters. The summed E-state index contributed by atoms with van der Waals surface area (Å²) in [5, 5.41) is 13.4. The number of piperidine rings is 1. The number of nitrogens with zero attached hydrogens (tertiary/aromatic N) is 1. The van der Waals surface area contributed by atoms with Gasteiger partial charge in [-0.25, -0.2) is 0 Å². The van der Waals surface area contributed by atoms with Crippen molar-refractivity contribution in [2.24, 2.45) is 0 Å². The summed E-state index contributed by atoms with van der Waals surface area (Å²) in [7, 11) is 0. The number of likely N-dealkylation sites (tertiary alicyclic amines) is 1. The molecule has 2 N–H and O–H groups in total. The van der Waals surface area contributed by atoms with E-state index >= 15 is 0 Å². The van der Waals surface area contributed by atoms with Gasteiger partial charge in [0.1, 0.15) is 18.0 Å². The van der Waals surface area contributed by atoms with E-state index in [1.807, 2.05) is 29.5 Å². The van der Waals surface area contributed by atoms with Gasteiger partial charge in [-0.15, -0.1) is 11.3 Å². The fourth-order valence-corrected chi connectivity index (χ4v) is 4.58. The molecule has 6 heteroatoms. The monoisotopic (exact) mass is 372 g/mol. The Hall–Kier alpha value is -1.89. The number of rotatable bonds is 4. The molecule has 26 heavy (non-hydrogen) atoms. The molecule has 5 nitrogen and oxygen atoms in total. The van der Waals surface area contributed by atoms with Crippen LogP contribution >= 0.6 is 11.3 Å². The van der Waals surface area contributed by atoms with Crippen molar-refractivity contribution < 1.29 is 14.6 Å². The van der Waals surface area contributed by atoms with Crippen LogP contribution in [-0.4, -0.2) is 41.2 Å². The maximum Gasteiger partial charge on any atom is 0.224 e. The van der Waals surface area contributed by atoms with E-state index in [9.17, 15) is 9.90 Å². The van der Waals surface area contributed by atoms with Gasteiger partial charge in [0.25, 0.3) is 0 Å². The van der Waals surface area contributed by atoms with Crippen molar-refractivity contribution in [2.45, 2.75) is 44.9 Å². The van der Waals surface area contributed by atoms with Crippen LogP contribution in [0.5, 0.6) is 5.75 Å². The lowest BCUT2D eigenvalue weighted by atomic mass is 10.0. The molecule has 2 aliphatic rings. The number of aryl methyl sites for hydroxylation is 2. The quantitative estimate of drug-likeness (QED) is 0.866. The SMILES string of the molecule is Cc1ccc(CN2CC[C@@H](Oc3ccc4c(c3)NC(=O)CC4)[C@H](O)C2)s1. The smallest absolute Gasteiger partial charge is 0.224 e. The van der Waals surface area contributed by atoms with Gasteiger partial charge in [-0.2, -0.15) is 0 Å². The summed E-state index contributed by atoms with van der Waals surface area (Å²) in [4.78, 5) is 16.5. The van der Waals surface area contributed by atoms with E-state index in [0.717, 1.165) is 37.2 Å². The topological polar surface area (TPSA) is 61.8 Å². The van der Waals surface area contributed by atoms with Crippen LogP contribution in [0.1, 0.15) is 28.2 Å². The van der Waals surface area contributed by atoms with Gasteiger partial charge in [0.15, 0.2) is 0 Å². The first-order chi connectivity index (χ1) is 12.6. The summed E-state index contributed by atoms with van der Waals surface area (Å²) < 4.78 is 6.05. The Morgan fingerprint density at radius 3 is 2.96 bits per heavy atom. The molecule has 2 aliphatic heterocycles. The Morgan fingerprint density at radius 1 is 1.31 bits per heavy atom. The average Bonchev–Trinajstić information content (AvgIpc) is 3.02. The molecular weight excluding hydrogens is 348 g/mol. The summed E-state index contributed by atoms with van der Waals surface area (Å²) in [5.41, 5.74) is 1.97. The van der Waals surface area contributed by atoms with Gasteiger partial charge in [-0.05, 0) is 43.5 Å². The highest BCUT2D eigenvalue weighted by Gasteiger charge is 2.29. The van der Waals surface area contributed by atoms with Crippen LogP contribution in [0.3, 0.4) is 0 Å². The predicted molar refractivity (Wildman–Crippen MR) is 103 cm³/mol. The number of thiophene rings is 1. The third kappa shape index (κ3) is 3.92. The summed E-state index contributed by atoms with van der Waals surface area (Å²) in [6.45, 7) is 4.51. The molecular formula is C20H24N2O3S. The fourth-order valence-electron chi connectivity index (χ4n) is 3.65. The van der Waals surface area contributed by atoms with E-state index < -0.39 is 6.10 Å². The summed E-state index contributed by atoms with van der Waals surface area (Å²) in [6.07, 6.45) is 1.36. The van der Waals surface area contributed by atoms with E-state index in [1.165, 1.54) is 9.75 Å². The van der Waals surface area contributed by atoms with Gasteiger partial charge in [0.05, 0.1) is 0 Å². The molecule has 0 spiro atoms. The van der Waals surface area contributed by atoms with Crippen LogP contribution in [0.4, 0.5) is 5.69 Å². The minimum absolute atomic E-state index is 0.0480. The van der Waals surface area contributed by atoms with E-state index in [2.05, 4.69) is 29.3 Å². The fraction of sp³-hybridized carbons (Fsp3) is 0.450. The van der Waals surface area contributed by atoms with Crippen molar-refractivity contribution in [3.8, 4) is 5.75 Å². The second-order valence-corrected chi connectivity index (χ2v) is 8.50. The van der Waals surface area contributed by atoms with Gasteiger partial charge in [0.2, 0.25) is 5.91 Å². The molecule has 0 saturated carbocycles. The zero-order valence-corrected chi connectivity index (χ0v) is 15.7. The number of β-amino-alcohol motifs (C(OH)–C–C–N with tert-alkyl or cyclic N) is 1. The zero-order chi connectivity index (χ0) is 18.1. The highest BCUT2D eigenvalue weighted by atomic mass is 32.1. The number of carbonyl (C=O) groups excluding carboxylic acids is 1. The number of aliphatic hydroxyl groups is 1. The number of ether oxygens (including phenoxy) is 1. The van der Waals surface area contributed by atoms with Crippen LogP contribution in [0, 0.1) is 6.92 Å². The molecule has 0 bridgehead atoms. The van der Waals surface area contributed by atoms with Crippen molar-refractivity contribution in [3.63, 3.8) is 0 Å². The van der Waals surface area contributed by atoms with Crippen LogP contribution in [0.2, 0.25) is 0 Å². The molecule has 3 heterocycles. The van der Waals surface area contributed by atoms with Crippen molar-refractivity contribution in [1.82, 2.24) is 4.90 Å². The Bertz CT molecular complexity index is 804. The number of amides is 1. The minimum Gasteiger partial charge on any atom is -0.488 e. The lowest BCUT2D eigenvalue weighted by Crippen LogP contribution is -2.48. The number of hydrogen-bond donors (Lipinski definition) is 2. The summed E-state index contributed by atoms with van der Waals surface area (Å²) in [6, 6.07) is 10.1. The molecule has 1 fully saturated rings. The molecule has 1 saturated heterocycles. The Morgan fingerprint density at radius 2 is 2.19 bits per heavy atom. The van der Waals surface area contributed by atoms with Crippen molar-refractivity contribution >= 4 is 22.9 Å². The number of anilines is 1. The standard InChI is InChI=1S/C20H24N2O3S/c1-13-2-6-16(26-13)11-22-9-8-19(18(23)12-22)25-15-5-3-14-4-7-20(24)21-17(14)10-15/h2-3,5-6,10,18-19,23H,4,7-9,11-12H2,1H3,(H,21,24)/t18-,19-/m1/s1. The number of aliphatic hydroxyl groups excluding tert-OH is 1. The van der Waals surface area contributed by atoms with Crippen LogP contribution in [0.15, 0.2) is 30.3 Å². The van der Waals surface area contributed by atoms with Gasteiger partial charge < -0.3 is 15.2 Å². The van der Waals surface area contributed by atoms with Crippen LogP contribution in [-0.2, 0) is 17.8 Å². The van der Waals surface area contributed by atoms with Gasteiger partial charge >= 0.3 is 0 Å². The molecule has 0 radical (unpaired) electrons. The lowest BCUT2D eigenvalue weighted by molar-refractivity contribution is -0.116.